The van der Waals surface area contributed by atoms with Gasteiger partial charge in [-0.3, -0.25) is 9.59 Å². The average Bonchev–Trinajstić information content (AvgIpc) is 3.37. The first-order chi connectivity index (χ1) is 21.4. The number of nitrogens with zero attached hydrogens (tertiary/aromatic N) is 1. The van der Waals surface area contributed by atoms with Gasteiger partial charge in [0.1, 0.15) is 18.2 Å². The van der Waals surface area contributed by atoms with Gasteiger partial charge in [0.2, 0.25) is 5.91 Å². The van der Waals surface area contributed by atoms with Gasteiger partial charge < -0.3 is 25.3 Å². The third kappa shape index (κ3) is 12.4. The van der Waals surface area contributed by atoms with Gasteiger partial charge in [-0.25, -0.2) is 4.79 Å². The minimum atomic E-state index is -0.662. The number of amidine groups is 1. The SMILES string of the molecule is CCCCCCCCCCCCOC(=O)/N=C(\N)c1ccc(-c2ccc(OC[C@@H]3C[C@@H](CC(=O)OCC)C(=O)N3)cc2)cc1. The number of hydrogen-bond acceptors (Lipinski definition) is 6. The van der Waals surface area contributed by atoms with Gasteiger partial charge in [-0.05, 0) is 43.0 Å². The summed E-state index contributed by atoms with van der Waals surface area (Å²) in [6.45, 7) is 4.96. The Labute approximate surface area is 261 Å². The third-order valence-electron chi connectivity index (χ3n) is 7.76. The summed E-state index contributed by atoms with van der Waals surface area (Å²) in [4.78, 5) is 39.9. The van der Waals surface area contributed by atoms with Crippen molar-refractivity contribution in [3.63, 3.8) is 0 Å². The van der Waals surface area contributed by atoms with E-state index in [1.807, 2.05) is 48.5 Å². The number of nitrogens with one attached hydrogen (secondary N) is 1. The van der Waals surface area contributed by atoms with E-state index in [4.69, 9.17) is 19.9 Å². The Bertz CT molecular complexity index is 1200. The lowest BCUT2D eigenvalue weighted by molar-refractivity contribution is -0.145. The summed E-state index contributed by atoms with van der Waals surface area (Å²) in [5.74, 6) is -0.0763. The highest BCUT2D eigenvalue weighted by molar-refractivity contribution is 6.03. The van der Waals surface area contributed by atoms with Gasteiger partial charge in [0.15, 0.2) is 0 Å². The second kappa shape index (κ2) is 19.4. The monoisotopic (exact) mass is 607 g/mol. The molecular formula is C35H49N3O6. The molecule has 0 unspecified atom stereocenters. The molecule has 1 saturated heterocycles. The molecule has 240 valence electrons. The number of unbranched alkanes of at least 4 members (excludes halogenated alkanes) is 9. The van der Waals surface area contributed by atoms with Gasteiger partial charge in [0.25, 0.3) is 0 Å². The van der Waals surface area contributed by atoms with Crippen LogP contribution in [0.2, 0.25) is 0 Å². The van der Waals surface area contributed by atoms with Crippen molar-refractivity contribution in [2.45, 2.75) is 96.9 Å². The predicted molar refractivity (Wildman–Crippen MR) is 173 cm³/mol. The molecule has 2 aromatic carbocycles. The lowest BCUT2D eigenvalue weighted by Gasteiger charge is -2.12. The molecule has 2 aromatic rings. The van der Waals surface area contributed by atoms with E-state index in [2.05, 4.69) is 17.2 Å². The van der Waals surface area contributed by atoms with Gasteiger partial charge in [0.05, 0.1) is 31.6 Å². The standard InChI is InChI=1S/C35H49N3O6/c1-3-5-6-7-8-9-10-11-12-13-22-43-35(41)38-33(36)28-16-14-26(15-17-28)27-18-20-31(21-19-27)44-25-30-23-29(34(40)37-30)24-32(39)42-4-2/h14-21,29-30H,3-13,22-25H2,1-2H3,(H,37,40)(H2,36,38,41)/t29-,30-/m0/s1. The van der Waals surface area contributed by atoms with Crippen molar-refractivity contribution < 1.29 is 28.6 Å². The largest absolute Gasteiger partial charge is 0.491 e. The minimum Gasteiger partial charge on any atom is -0.491 e. The highest BCUT2D eigenvalue weighted by Crippen LogP contribution is 2.25. The van der Waals surface area contributed by atoms with Crippen molar-refractivity contribution in [1.29, 1.82) is 0 Å². The van der Waals surface area contributed by atoms with Gasteiger partial charge in [-0.2, -0.15) is 4.99 Å². The van der Waals surface area contributed by atoms with Crippen molar-refractivity contribution in [3.8, 4) is 16.9 Å². The molecule has 0 bridgehead atoms. The van der Waals surface area contributed by atoms with Crippen LogP contribution in [0.3, 0.4) is 0 Å². The van der Waals surface area contributed by atoms with Crippen LogP contribution in [0.5, 0.6) is 5.75 Å². The van der Waals surface area contributed by atoms with Crippen molar-refractivity contribution in [2.24, 2.45) is 16.6 Å². The molecule has 3 rings (SSSR count). The highest BCUT2D eigenvalue weighted by Gasteiger charge is 2.34. The number of aliphatic imine (C=N–C) groups is 1. The molecule has 2 amide bonds. The smallest absolute Gasteiger partial charge is 0.435 e. The molecule has 1 heterocycles. The van der Waals surface area contributed by atoms with Crippen molar-refractivity contribution >= 4 is 23.8 Å². The van der Waals surface area contributed by atoms with Crippen LogP contribution in [0.4, 0.5) is 4.79 Å². The van der Waals surface area contributed by atoms with E-state index in [9.17, 15) is 14.4 Å². The van der Waals surface area contributed by atoms with E-state index in [0.29, 0.717) is 37.6 Å². The van der Waals surface area contributed by atoms with Crippen LogP contribution in [-0.2, 0) is 19.1 Å². The number of carbonyl (C=O) groups excluding carboxylic acids is 3. The summed E-state index contributed by atoms with van der Waals surface area (Å²) in [6.07, 6.45) is 12.2. The fourth-order valence-corrected chi connectivity index (χ4v) is 5.25. The lowest BCUT2D eigenvalue weighted by Crippen LogP contribution is -2.31. The molecule has 1 fully saturated rings. The lowest BCUT2D eigenvalue weighted by atomic mass is 10.0. The zero-order valence-corrected chi connectivity index (χ0v) is 26.4. The summed E-state index contributed by atoms with van der Waals surface area (Å²) in [6, 6.07) is 15.0. The second-order valence-corrected chi connectivity index (χ2v) is 11.4. The summed E-state index contributed by atoms with van der Waals surface area (Å²) < 4.78 is 16.1. The van der Waals surface area contributed by atoms with Crippen LogP contribution in [0.15, 0.2) is 53.5 Å². The van der Waals surface area contributed by atoms with Crippen LogP contribution < -0.4 is 15.8 Å². The van der Waals surface area contributed by atoms with Gasteiger partial charge >= 0.3 is 12.1 Å². The van der Waals surface area contributed by atoms with Gasteiger partial charge in [0, 0.05) is 5.56 Å². The maximum absolute atomic E-state index is 12.2. The number of amides is 2. The molecule has 0 spiro atoms. The van der Waals surface area contributed by atoms with Gasteiger partial charge in [-0.1, -0.05) is 101 Å². The number of rotatable bonds is 19. The molecule has 0 aliphatic carbocycles. The Morgan fingerprint density at radius 1 is 0.841 bits per heavy atom. The van der Waals surface area contributed by atoms with Crippen LogP contribution in [0.1, 0.15) is 96.5 Å². The third-order valence-corrected chi connectivity index (χ3v) is 7.76. The zero-order valence-electron chi connectivity index (χ0n) is 26.4. The second-order valence-electron chi connectivity index (χ2n) is 11.4. The normalized spacial score (nSPS) is 16.4. The molecule has 2 atom stereocenters. The molecule has 9 heteroatoms. The average molecular weight is 608 g/mol. The van der Waals surface area contributed by atoms with Crippen molar-refractivity contribution in [1.82, 2.24) is 5.32 Å². The number of nitrogens with two attached hydrogens (primary N) is 1. The number of hydrogen-bond donors (Lipinski definition) is 2. The van der Waals surface area contributed by atoms with E-state index < -0.39 is 6.09 Å². The molecule has 0 radical (unpaired) electrons. The first-order valence-corrected chi connectivity index (χ1v) is 16.2. The molecular weight excluding hydrogens is 558 g/mol. The molecule has 9 nitrogen and oxygen atoms in total. The Morgan fingerprint density at radius 3 is 2.05 bits per heavy atom. The van der Waals surface area contributed by atoms with Crippen LogP contribution in [-0.4, -0.2) is 49.7 Å². The van der Waals surface area contributed by atoms with Crippen molar-refractivity contribution in [3.05, 3.63) is 54.1 Å². The number of carbonyl (C=O) groups is 3. The molecule has 0 aromatic heterocycles. The first-order valence-electron chi connectivity index (χ1n) is 16.2. The maximum Gasteiger partial charge on any atom is 0.435 e. The van der Waals surface area contributed by atoms with Crippen molar-refractivity contribution in [2.75, 3.05) is 19.8 Å². The Kier molecular flexibility index (Phi) is 15.3. The summed E-state index contributed by atoms with van der Waals surface area (Å²) in [5, 5.41) is 2.89. The molecule has 1 aliphatic rings. The minimum absolute atomic E-state index is 0.0880. The van der Waals surface area contributed by atoms with Crippen LogP contribution >= 0.6 is 0 Å². The molecule has 1 aliphatic heterocycles. The topological polar surface area (TPSA) is 129 Å². The predicted octanol–water partition coefficient (Wildman–Crippen LogP) is 6.95. The molecule has 3 N–H and O–H groups in total. The van der Waals surface area contributed by atoms with Crippen LogP contribution in [0, 0.1) is 5.92 Å². The molecule has 44 heavy (non-hydrogen) atoms. The van der Waals surface area contributed by atoms with E-state index >= 15 is 0 Å². The summed E-state index contributed by atoms with van der Waals surface area (Å²) in [5.41, 5.74) is 8.66. The first kappa shape index (κ1) is 34.6. The quantitative estimate of drug-likeness (QED) is 0.0765. The fourth-order valence-electron chi connectivity index (χ4n) is 5.25. The summed E-state index contributed by atoms with van der Waals surface area (Å²) in [7, 11) is 0. The Hall–Kier alpha value is -3.88. The fraction of sp³-hybridized carbons (Fsp3) is 0.543. The zero-order chi connectivity index (χ0) is 31.6. The summed E-state index contributed by atoms with van der Waals surface area (Å²) >= 11 is 0. The Morgan fingerprint density at radius 2 is 1.43 bits per heavy atom. The highest BCUT2D eigenvalue weighted by atomic mass is 16.5. The van der Waals surface area contributed by atoms with E-state index in [1.165, 1.54) is 51.4 Å². The Balaban J connectivity index is 1.36. The van der Waals surface area contributed by atoms with Crippen LogP contribution in [0.25, 0.3) is 11.1 Å². The number of benzene rings is 2. The van der Waals surface area contributed by atoms with E-state index in [0.717, 1.165) is 24.0 Å². The number of ether oxygens (including phenoxy) is 3. The van der Waals surface area contributed by atoms with E-state index in [1.54, 1.807) is 6.92 Å². The van der Waals surface area contributed by atoms with Gasteiger partial charge in [-0.15, -0.1) is 0 Å². The maximum atomic E-state index is 12.2. The molecule has 0 saturated carbocycles. The van der Waals surface area contributed by atoms with E-state index in [-0.39, 0.29) is 36.1 Å². The number of esters is 1.